The van der Waals surface area contributed by atoms with Crippen molar-refractivity contribution in [2.45, 2.75) is 75.7 Å². The number of anilines is 1. The molecule has 4 rings (SSSR count). The van der Waals surface area contributed by atoms with Crippen LogP contribution in [0.4, 0.5) is 10.5 Å². The number of halogens is 1. The van der Waals surface area contributed by atoms with Crippen LogP contribution in [-0.4, -0.2) is 72.6 Å². The molecule has 1 aliphatic carbocycles. The number of β-amino-alcohol motifs (C(OH)–C–C–N with tert-alkyl or cyclic N) is 1. The molecule has 3 amide bonds. The van der Waals surface area contributed by atoms with E-state index in [1.165, 1.54) is 32.1 Å². The molecule has 1 saturated carbocycles. The number of nitrogens with zero attached hydrogens (tertiary/aromatic N) is 1. The molecule has 4 atom stereocenters. The number of benzene rings is 1. The summed E-state index contributed by atoms with van der Waals surface area (Å²) in [6.45, 7) is 1.28. The highest BCUT2D eigenvalue weighted by Crippen LogP contribution is 2.29. The van der Waals surface area contributed by atoms with Crippen molar-refractivity contribution in [2.24, 2.45) is 5.92 Å². The zero-order chi connectivity index (χ0) is 23.9. The number of hydrogen-bond donors (Lipinski definition) is 3. The molecule has 2 aliphatic heterocycles. The summed E-state index contributed by atoms with van der Waals surface area (Å²) >= 11 is 6.05. The Kier molecular flexibility index (Phi) is 9.05. The standard InChI is InChI=1S/C25H36ClN3O5/c26-18-7-4-8-19(11-18)28-25(32)29-14-20(30)15-33-16-23-22(29)10-9-21(34-23)12-24(31)27-13-17-5-2-1-3-6-17/h4,7-8,11,17,20-23,30H,1-3,5-6,9-10,12-16H2,(H,27,31)(H,28,32)/t20-,21+,22+,23-/m0/s1. The van der Waals surface area contributed by atoms with Crippen molar-refractivity contribution in [1.29, 1.82) is 0 Å². The molecular formula is C25H36ClN3O5. The fourth-order valence-corrected chi connectivity index (χ4v) is 5.45. The summed E-state index contributed by atoms with van der Waals surface area (Å²) in [5, 5.41) is 16.8. The van der Waals surface area contributed by atoms with Gasteiger partial charge in [-0.05, 0) is 49.8 Å². The second-order valence-corrected chi connectivity index (χ2v) is 10.2. The summed E-state index contributed by atoms with van der Waals surface area (Å²) in [5.74, 6) is 0.609. The minimum Gasteiger partial charge on any atom is -0.389 e. The van der Waals surface area contributed by atoms with Gasteiger partial charge in [-0.25, -0.2) is 4.79 Å². The minimum atomic E-state index is -0.783. The van der Waals surface area contributed by atoms with Crippen molar-refractivity contribution in [1.82, 2.24) is 10.2 Å². The van der Waals surface area contributed by atoms with Gasteiger partial charge in [0.25, 0.3) is 0 Å². The van der Waals surface area contributed by atoms with E-state index < -0.39 is 6.10 Å². The molecule has 0 bridgehead atoms. The number of aliphatic hydroxyl groups is 1. The molecule has 188 valence electrons. The Morgan fingerprint density at radius 3 is 2.74 bits per heavy atom. The van der Waals surface area contributed by atoms with E-state index in [9.17, 15) is 14.7 Å². The number of amides is 3. The summed E-state index contributed by atoms with van der Waals surface area (Å²) in [5.41, 5.74) is 0.589. The molecule has 0 unspecified atom stereocenters. The molecule has 9 heteroatoms. The number of carbonyl (C=O) groups is 2. The van der Waals surface area contributed by atoms with Crippen molar-refractivity contribution in [3.05, 3.63) is 29.3 Å². The smallest absolute Gasteiger partial charge is 0.322 e. The van der Waals surface area contributed by atoms with E-state index in [1.807, 2.05) is 0 Å². The van der Waals surface area contributed by atoms with Crippen LogP contribution in [0.1, 0.15) is 51.4 Å². The number of carbonyl (C=O) groups excluding carboxylic acids is 2. The van der Waals surface area contributed by atoms with E-state index in [2.05, 4.69) is 10.6 Å². The minimum absolute atomic E-state index is 0.0202. The average Bonchev–Trinajstić information content (AvgIpc) is 2.81. The Labute approximate surface area is 206 Å². The lowest BCUT2D eigenvalue weighted by atomic mass is 9.89. The highest BCUT2D eigenvalue weighted by Gasteiger charge is 2.40. The molecule has 2 saturated heterocycles. The molecule has 0 aromatic heterocycles. The molecular weight excluding hydrogens is 458 g/mol. The quantitative estimate of drug-likeness (QED) is 0.582. The summed E-state index contributed by atoms with van der Waals surface area (Å²) in [6, 6.07) is 6.39. The first kappa shape index (κ1) is 25.2. The van der Waals surface area contributed by atoms with Gasteiger partial charge in [-0.1, -0.05) is 36.9 Å². The maximum Gasteiger partial charge on any atom is 0.322 e. The summed E-state index contributed by atoms with van der Waals surface area (Å²) in [7, 11) is 0. The van der Waals surface area contributed by atoms with Gasteiger partial charge >= 0.3 is 6.03 Å². The molecule has 1 aromatic rings. The van der Waals surface area contributed by atoms with Gasteiger partial charge in [-0.2, -0.15) is 0 Å². The normalized spacial score (nSPS) is 28.4. The van der Waals surface area contributed by atoms with Gasteiger partial charge in [0.2, 0.25) is 5.91 Å². The largest absolute Gasteiger partial charge is 0.389 e. The van der Waals surface area contributed by atoms with Crippen LogP contribution in [-0.2, 0) is 14.3 Å². The number of fused-ring (bicyclic) bond motifs is 1. The first-order valence-electron chi connectivity index (χ1n) is 12.5. The summed E-state index contributed by atoms with van der Waals surface area (Å²) < 4.78 is 11.9. The second kappa shape index (κ2) is 12.2. The van der Waals surface area contributed by atoms with Crippen molar-refractivity contribution in [3.8, 4) is 0 Å². The molecule has 0 radical (unpaired) electrons. The molecule has 3 fully saturated rings. The second-order valence-electron chi connectivity index (χ2n) is 9.74. The Morgan fingerprint density at radius 2 is 1.94 bits per heavy atom. The highest BCUT2D eigenvalue weighted by molar-refractivity contribution is 6.30. The van der Waals surface area contributed by atoms with Gasteiger partial charge < -0.3 is 30.1 Å². The maximum atomic E-state index is 13.1. The fraction of sp³-hybridized carbons (Fsp3) is 0.680. The zero-order valence-corrected chi connectivity index (χ0v) is 20.3. The summed E-state index contributed by atoms with van der Waals surface area (Å²) in [6.07, 6.45) is 6.50. The van der Waals surface area contributed by atoms with Crippen LogP contribution in [0.2, 0.25) is 5.02 Å². The van der Waals surface area contributed by atoms with E-state index in [0.29, 0.717) is 35.9 Å². The lowest BCUT2D eigenvalue weighted by Gasteiger charge is -2.44. The number of rotatable bonds is 5. The molecule has 3 aliphatic rings. The first-order chi connectivity index (χ1) is 16.5. The molecule has 34 heavy (non-hydrogen) atoms. The van der Waals surface area contributed by atoms with Crippen molar-refractivity contribution in [3.63, 3.8) is 0 Å². The Morgan fingerprint density at radius 1 is 1.12 bits per heavy atom. The molecule has 1 aromatic carbocycles. The number of urea groups is 1. The van der Waals surface area contributed by atoms with Gasteiger partial charge in [0.15, 0.2) is 0 Å². The number of hydrogen-bond acceptors (Lipinski definition) is 5. The zero-order valence-electron chi connectivity index (χ0n) is 19.6. The maximum absolute atomic E-state index is 13.1. The molecule has 2 heterocycles. The first-order valence-corrected chi connectivity index (χ1v) is 12.9. The Hall–Kier alpha value is -1.87. The van der Waals surface area contributed by atoms with Crippen LogP contribution in [0, 0.1) is 5.92 Å². The number of ether oxygens (including phenoxy) is 2. The Bertz CT molecular complexity index is 835. The highest BCUT2D eigenvalue weighted by atomic mass is 35.5. The van der Waals surface area contributed by atoms with E-state index in [-0.39, 0.29) is 49.9 Å². The van der Waals surface area contributed by atoms with Gasteiger partial charge in [0.1, 0.15) is 6.10 Å². The van der Waals surface area contributed by atoms with Gasteiger partial charge in [-0.3, -0.25) is 4.79 Å². The molecule has 8 nitrogen and oxygen atoms in total. The third kappa shape index (κ3) is 7.07. The van der Waals surface area contributed by atoms with Crippen LogP contribution in [0.15, 0.2) is 24.3 Å². The van der Waals surface area contributed by atoms with E-state index in [1.54, 1.807) is 29.2 Å². The van der Waals surface area contributed by atoms with Crippen LogP contribution in [0.3, 0.4) is 0 Å². The van der Waals surface area contributed by atoms with E-state index >= 15 is 0 Å². The van der Waals surface area contributed by atoms with Gasteiger partial charge in [0, 0.05) is 17.3 Å². The lowest BCUT2D eigenvalue weighted by molar-refractivity contribution is -0.149. The van der Waals surface area contributed by atoms with Crippen molar-refractivity contribution >= 4 is 29.2 Å². The topological polar surface area (TPSA) is 100 Å². The summed E-state index contributed by atoms with van der Waals surface area (Å²) in [4.78, 5) is 27.3. The van der Waals surface area contributed by atoms with Crippen LogP contribution < -0.4 is 10.6 Å². The van der Waals surface area contributed by atoms with Crippen LogP contribution >= 0.6 is 11.6 Å². The van der Waals surface area contributed by atoms with Gasteiger partial charge in [0.05, 0.1) is 44.4 Å². The lowest BCUT2D eigenvalue weighted by Crippen LogP contribution is -2.58. The van der Waals surface area contributed by atoms with Gasteiger partial charge in [-0.15, -0.1) is 0 Å². The van der Waals surface area contributed by atoms with Crippen molar-refractivity contribution in [2.75, 3.05) is 31.6 Å². The van der Waals surface area contributed by atoms with E-state index in [0.717, 1.165) is 6.54 Å². The predicted molar refractivity (Wildman–Crippen MR) is 130 cm³/mol. The Balaban J connectivity index is 1.33. The van der Waals surface area contributed by atoms with E-state index in [4.69, 9.17) is 21.1 Å². The number of aliphatic hydroxyl groups excluding tert-OH is 1. The van der Waals surface area contributed by atoms with Crippen LogP contribution in [0.25, 0.3) is 0 Å². The number of nitrogens with one attached hydrogen (secondary N) is 2. The van der Waals surface area contributed by atoms with Crippen LogP contribution in [0.5, 0.6) is 0 Å². The average molecular weight is 494 g/mol. The molecule has 0 spiro atoms. The SMILES string of the molecule is O=C(C[C@H]1CC[C@@H]2[C@H](COC[C@@H](O)CN2C(=O)Nc2cccc(Cl)c2)O1)NCC1CCCCC1. The van der Waals surface area contributed by atoms with Crippen molar-refractivity contribution < 1.29 is 24.2 Å². The molecule has 3 N–H and O–H groups in total. The monoisotopic (exact) mass is 493 g/mol. The predicted octanol–water partition coefficient (Wildman–Crippen LogP) is 3.57. The third-order valence-corrected chi connectivity index (χ3v) is 7.28. The third-order valence-electron chi connectivity index (χ3n) is 7.04. The fourth-order valence-electron chi connectivity index (χ4n) is 5.26.